The van der Waals surface area contributed by atoms with Gasteiger partial charge >= 0.3 is 138 Å². The molecule has 11 nitrogen and oxygen atoms in total. The minimum Gasteiger partial charge on any atom is -0.201 e. The Morgan fingerprint density at radius 2 is 0.637 bits per heavy atom. The second kappa shape index (κ2) is 30.4. The minimum atomic E-state index is -10.7. The molecule has 17 aliphatic heterocycles. The van der Waals surface area contributed by atoms with Crippen molar-refractivity contribution < 1.29 is 147 Å². The van der Waals surface area contributed by atoms with E-state index < -0.39 is 36.8 Å². The smallest absolute Gasteiger partial charge is 0.173 e. The van der Waals surface area contributed by atoms with Crippen LogP contribution in [-0.4, -0.2) is 59.8 Å². The zero-order valence-corrected chi connectivity index (χ0v) is 63.5. The van der Waals surface area contributed by atoms with Gasteiger partial charge in [0.05, 0.1) is 31.8 Å². The normalized spacial score (nSPS) is 20.3. The van der Waals surface area contributed by atoms with Crippen LogP contribution >= 0.6 is 31.2 Å². The Bertz CT molecular complexity index is 4250. The number of halogens is 24. The Balaban J connectivity index is 0.000000194. The fraction of sp³-hybridized carbons (Fsp3) is 0.311. The molecule has 0 N–H and O–H groups in total. The summed E-state index contributed by atoms with van der Waals surface area (Å²) >= 11 is 0. The van der Waals surface area contributed by atoms with Gasteiger partial charge < -0.3 is 28.6 Å². The molecule has 21 heterocycles. The van der Waals surface area contributed by atoms with E-state index in [0.717, 1.165) is 97.0 Å². The van der Waals surface area contributed by atoms with E-state index in [4.69, 9.17) is 23.7 Å². The first-order valence-corrected chi connectivity index (χ1v) is 42.6. The molecule has 0 spiro atoms. The Morgan fingerprint density at radius 1 is 0.372 bits per heavy atom. The topological polar surface area (TPSA) is 82.0 Å². The average Bonchev–Trinajstić information content (AvgIpc) is 0.714. The second-order valence-corrected chi connectivity index (χ2v) is 35.6. The van der Waals surface area contributed by atoms with Gasteiger partial charge in [0.1, 0.15) is 24.6 Å². The number of fused-ring (bicyclic) bond motifs is 2. The van der Waals surface area contributed by atoms with Crippen LogP contribution in [0.1, 0.15) is 77.5 Å². The number of hydrogen-bond donors (Lipinski definition) is 0. The van der Waals surface area contributed by atoms with Crippen LogP contribution in [0.25, 0.3) is 22.3 Å². The van der Waals surface area contributed by atoms with Crippen LogP contribution < -0.4 is 27.9 Å². The number of nitrogens with zero attached hydrogens (tertiary/aromatic N) is 5. The molecule has 4 fully saturated rings. The molecule has 0 radical (unpaired) electrons. The monoisotopic (exact) mass is 1710 g/mol. The minimum absolute atomic E-state index is 0.0185. The summed E-state index contributed by atoms with van der Waals surface area (Å²) in [6.45, 7) is 5.96. The number of carbonyl (C=O) groups excluding carboxylic acids is 1. The van der Waals surface area contributed by atoms with Crippen molar-refractivity contribution >= 4 is 48.6 Å². The molecule has 5 aromatic carbocycles. The maximum Gasteiger partial charge on any atom is 0.173 e. The van der Waals surface area contributed by atoms with Crippen LogP contribution in [0.3, 0.4) is 0 Å². The maximum absolute atomic E-state index is 12.9. The first-order chi connectivity index (χ1) is 51.5. The molecule has 16 bridgehead atoms. The van der Waals surface area contributed by atoms with Gasteiger partial charge in [-0.05, 0) is 108 Å². The Kier molecular flexibility index (Phi) is 23.8. The van der Waals surface area contributed by atoms with Crippen LogP contribution in [0.15, 0.2) is 219 Å². The molecule has 0 amide bonds. The third kappa shape index (κ3) is 32.1. The van der Waals surface area contributed by atoms with Gasteiger partial charge in [0.25, 0.3) is 0 Å². The van der Waals surface area contributed by atoms with Crippen LogP contribution in [0.4, 0.5) is 112 Å². The van der Waals surface area contributed by atoms with Crippen molar-refractivity contribution in [3.63, 3.8) is 0 Å². The van der Waals surface area contributed by atoms with Crippen molar-refractivity contribution in [3.05, 3.63) is 258 Å². The molecule has 0 atom stereocenters. The Morgan fingerprint density at radius 3 is 0.920 bits per heavy atom. The molecule has 30 rings (SSSR count). The molecule has 622 valence electrons. The van der Waals surface area contributed by atoms with E-state index >= 15 is 0 Å². The predicted octanol–water partition coefficient (Wildman–Crippen LogP) is 25.1. The van der Waals surface area contributed by atoms with E-state index in [1.54, 1.807) is 7.11 Å². The number of methoxy groups -OCH3 is 1. The quantitative estimate of drug-likeness (QED) is 0.0374. The van der Waals surface area contributed by atoms with Crippen molar-refractivity contribution in [2.24, 2.45) is 23.2 Å². The molecule has 9 aromatic rings. The summed E-state index contributed by atoms with van der Waals surface area (Å²) in [5, 5.41) is 0. The third-order valence-corrected chi connectivity index (χ3v) is 18.4. The van der Waals surface area contributed by atoms with Gasteiger partial charge in [-0.1, -0.05) is 97.1 Å². The van der Waals surface area contributed by atoms with E-state index in [1.165, 1.54) is 63.8 Å². The molecule has 4 aromatic heterocycles. The number of ether oxygens (including phenoxy) is 5. The van der Waals surface area contributed by atoms with Gasteiger partial charge in [0.2, 0.25) is 0 Å². The molecule has 21 aliphatic rings. The standard InChI is InChI=1S/C38H45NO6.C36H32N4.4F6P/c1-39-34-9-5-3-7-32(34)38(41-2,33-8-4-6-10-35(33)39)30-11-13-31(14-12-30)44-19-17-42-15-16-43-18-20-45-36(40)37-24-27-21-28(25-37)23-29(22-27)26-37;1-2-30-4-3-29(1)25-37-17-9-33(10-18-37)35-13-21-39(22-14-35)27-31-5-7-32(8-6-31)28-40-23-15-36(16-24-40)34-11-19-38(26-30)20-12-34;4*1-7(2,3,4,5)6/h3-14,27-29H,15-26H2,1-2H3;1-24H,25-28H2;;;;/q;+4;4*-1. The number of aromatic nitrogens is 4. The summed E-state index contributed by atoms with van der Waals surface area (Å²) in [5.74, 6) is 3.02. The number of esters is 1. The van der Waals surface area contributed by atoms with Gasteiger partial charge in [-0.2, -0.15) is 0 Å². The summed E-state index contributed by atoms with van der Waals surface area (Å²) < 4.78 is 275. The summed E-state index contributed by atoms with van der Waals surface area (Å²) in [7, 11) is -38.8. The van der Waals surface area contributed by atoms with Crippen molar-refractivity contribution in [3.8, 4) is 28.0 Å². The molecule has 39 heteroatoms. The van der Waals surface area contributed by atoms with Gasteiger partial charge in [-0.3, -0.25) is 4.79 Å². The third-order valence-electron chi connectivity index (χ3n) is 18.4. The van der Waals surface area contributed by atoms with Gasteiger partial charge in [0.15, 0.2) is 75.8 Å². The molecule has 0 saturated heterocycles. The van der Waals surface area contributed by atoms with Crippen LogP contribution in [0, 0.1) is 23.2 Å². The van der Waals surface area contributed by atoms with E-state index in [2.05, 4.69) is 238 Å². The summed E-state index contributed by atoms with van der Waals surface area (Å²) in [5.41, 5.74) is 14.7. The number of benzene rings is 5. The van der Waals surface area contributed by atoms with Crippen LogP contribution in [0.2, 0.25) is 0 Å². The number of pyridine rings is 4. The van der Waals surface area contributed by atoms with Crippen molar-refractivity contribution in [1.82, 2.24) is 0 Å². The van der Waals surface area contributed by atoms with E-state index in [9.17, 15) is 106 Å². The van der Waals surface area contributed by atoms with Crippen molar-refractivity contribution in [2.75, 3.05) is 58.7 Å². The number of rotatable bonds is 13. The number of para-hydroxylation sites is 2. The van der Waals surface area contributed by atoms with E-state index in [1.807, 2.05) is 12.1 Å². The molecule has 0 unspecified atom stereocenters. The fourth-order valence-corrected chi connectivity index (χ4v) is 14.4. The summed E-state index contributed by atoms with van der Waals surface area (Å²) in [6, 6.07) is 60.5. The number of hydrogen-bond acceptors (Lipinski definition) is 7. The zero-order chi connectivity index (χ0) is 83.2. The van der Waals surface area contributed by atoms with E-state index in [-0.39, 0.29) is 11.4 Å². The molecule has 4 saturated carbocycles. The SMILES string of the molecule is COC1(c2ccc(OCCOCCOCCOC(=O)C34CC5CC(CC(C5)C3)C4)cc2)c2ccccc2N(C)c2ccccc21.F[P-](F)(F)(F)(F)F.F[P-](F)(F)(F)(F)F.F[P-](F)(F)(F)(F)F.F[P-](F)(F)(F)(F)F.c1cc2ccc1C[n+]1ccc(cc1)-c1cc[n+](cc1)Cc1ccc(cc1)C[n+]1ccc(cc1)-c1cc[n+](cc1)C2. The maximum atomic E-state index is 12.9. The van der Waals surface area contributed by atoms with Gasteiger partial charge in [-0.25, -0.2) is 18.3 Å². The average molecular weight is 1710 g/mol. The zero-order valence-electron chi connectivity index (χ0n) is 59.9. The predicted molar refractivity (Wildman–Crippen MR) is 381 cm³/mol. The second-order valence-electron chi connectivity index (χ2n) is 27.9. The number of anilines is 2. The molecule has 113 heavy (non-hydrogen) atoms. The molecular weight excluding hydrogens is 1630 g/mol. The van der Waals surface area contributed by atoms with Gasteiger partial charge in [0, 0.05) is 107 Å². The Labute approximate surface area is 632 Å². The largest absolute Gasteiger partial charge is 0.201 e. The van der Waals surface area contributed by atoms with Crippen LogP contribution in [0.5, 0.6) is 5.75 Å². The fourth-order valence-electron chi connectivity index (χ4n) is 14.4. The molecular formula is C74H77F24N5O6P4. The molecule has 4 aliphatic carbocycles. The summed E-state index contributed by atoms with van der Waals surface area (Å²) in [4.78, 5) is 15.2. The van der Waals surface area contributed by atoms with E-state index in [0.29, 0.717) is 39.6 Å². The van der Waals surface area contributed by atoms with Crippen molar-refractivity contribution in [2.45, 2.75) is 70.3 Å². The number of carbonyl (C=O) groups is 1. The summed E-state index contributed by atoms with van der Waals surface area (Å²) in [6.07, 6.45) is 24.4. The Hall–Kier alpha value is -8.31. The first-order valence-electron chi connectivity index (χ1n) is 34.5. The first kappa shape index (κ1) is 88.6. The van der Waals surface area contributed by atoms with Gasteiger partial charge in [-0.15, -0.1) is 0 Å². The van der Waals surface area contributed by atoms with Crippen molar-refractivity contribution in [1.29, 1.82) is 0 Å². The van der Waals surface area contributed by atoms with Crippen LogP contribution in [-0.2, 0) is 55.5 Å².